The number of anilines is 2. The number of aromatic nitrogens is 6. The zero-order chi connectivity index (χ0) is 24.5. The number of imidazole rings is 1. The van der Waals surface area contributed by atoms with Gasteiger partial charge in [-0.15, -0.1) is 0 Å². The van der Waals surface area contributed by atoms with Crippen LogP contribution in [0.15, 0.2) is 43.0 Å². The van der Waals surface area contributed by atoms with Crippen molar-refractivity contribution in [3.63, 3.8) is 0 Å². The van der Waals surface area contributed by atoms with Crippen molar-refractivity contribution in [3.05, 3.63) is 54.4 Å². The highest BCUT2D eigenvalue weighted by Crippen LogP contribution is 2.38. The minimum atomic E-state index is -1.32. The van der Waals surface area contributed by atoms with E-state index in [9.17, 15) is 4.79 Å². The lowest BCUT2D eigenvalue weighted by Crippen LogP contribution is -2.36. The van der Waals surface area contributed by atoms with E-state index in [4.69, 9.17) is 9.72 Å². The lowest BCUT2D eigenvalue weighted by atomic mass is 10.0. The minimum absolute atomic E-state index is 0.0726. The lowest BCUT2D eigenvalue weighted by Gasteiger charge is -2.18. The van der Waals surface area contributed by atoms with E-state index in [-0.39, 0.29) is 6.04 Å². The first kappa shape index (κ1) is 22.8. The third-order valence-electron chi connectivity index (χ3n) is 6.08. The van der Waals surface area contributed by atoms with Crippen LogP contribution in [-0.4, -0.2) is 54.0 Å². The molecular weight excluding hydrogens is 451 g/mol. The second-order valence-corrected chi connectivity index (χ2v) is 8.96. The normalized spacial score (nSPS) is 19.9. The van der Waals surface area contributed by atoms with Crippen molar-refractivity contribution in [1.82, 2.24) is 34.9 Å². The van der Waals surface area contributed by atoms with Crippen molar-refractivity contribution in [2.24, 2.45) is 0 Å². The number of aryl methyl sites for hydroxylation is 1. The van der Waals surface area contributed by atoms with Crippen molar-refractivity contribution in [2.45, 2.75) is 57.8 Å². The van der Waals surface area contributed by atoms with Crippen LogP contribution in [0.5, 0.6) is 0 Å². The van der Waals surface area contributed by atoms with Crippen molar-refractivity contribution >= 4 is 23.5 Å². The molecule has 0 unspecified atom stereocenters. The van der Waals surface area contributed by atoms with Gasteiger partial charge in [0.15, 0.2) is 5.82 Å². The van der Waals surface area contributed by atoms with Gasteiger partial charge in [0, 0.05) is 59.6 Å². The number of alkyl carbamates (subject to hydrolysis) is 1. The minimum Gasteiger partial charge on any atom is -0.443 e. The number of rotatable bonds is 6. The first-order chi connectivity index (χ1) is 16.9. The van der Waals surface area contributed by atoms with Gasteiger partial charge in [-0.25, -0.2) is 19.2 Å². The summed E-state index contributed by atoms with van der Waals surface area (Å²) in [5.74, 6) is 0.603. The molecule has 0 aromatic carbocycles. The van der Waals surface area contributed by atoms with E-state index in [1.807, 2.05) is 43.5 Å². The summed E-state index contributed by atoms with van der Waals surface area (Å²) in [6.45, 7) is 5.57. The van der Waals surface area contributed by atoms with E-state index in [1.54, 1.807) is 24.7 Å². The van der Waals surface area contributed by atoms with Gasteiger partial charge in [-0.1, -0.05) is 6.07 Å². The second-order valence-electron chi connectivity index (χ2n) is 8.96. The zero-order valence-corrected chi connectivity index (χ0v) is 19.7. The number of aromatic amines is 1. The van der Waals surface area contributed by atoms with Crippen LogP contribution in [-0.2, 0) is 4.74 Å². The quantitative estimate of drug-likeness (QED) is 0.378. The van der Waals surface area contributed by atoms with E-state index in [0.717, 1.165) is 22.5 Å². The van der Waals surface area contributed by atoms with Crippen LogP contribution in [0.1, 0.15) is 44.0 Å². The fraction of sp³-hybridized carbons (Fsp3) is 0.375. The average molecular weight is 479 g/mol. The number of amides is 1. The Morgan fingerprint density at radius 1 is 1.31 bits per heavy atom. The first-order valence-corrected chi connectivity index (χ1v) is 11.6. The average Bonchev–Trinajstić information content (AvgIpc) is 3.55. The van der Waals surface area contributed by atoms with Gasteiger partial charge in [-0.2, -0.15) is 5.10 Å². The molecule has 10 nitrogen and oxygen atoms in total. The molecule has 1 amide bonds. The third kappa shape index (κ3) is 4.53. The zero-order valence-electron chi connectivity index (χ0n) is 19.7. The summed E-state index contributed by atoms with van der Waals surface area (Å²) in [5, 5.41) is 13.1. The van der Waals surface area contributed by atoms with Crippen molar-refractivity contribution < 1.29 is 13.9 Å². The molecular formula is C24H27FN8O2. The van der Waals surface area contributed by atoms with Gasteiger partial charge in [0.05, 0.1) is 5.69 Å². The summed E-state index contributed by atoms with van der Waals surface area (Å²) < 4.78 is 22.2. The number of halogens is 1. The number of H-pyrrole nitrogens is 1. The number of fused-ring (bicyclic) bond motifs is 1. The summed E-state index contributed by atoms with van der Waals surface area (Å²) >= 11 is 0. The molecule has 3 atom stereocenters. The fourth-order valence-electron chi connectivity index (χ4n) is 4.51. The second kappa shape index (κ2) is 9.32. The Morgan fingerprint density at radius 3 is 2.94 bits per heavy atom. The van der Waals surface area contributed by atoms with E-state index in [0.29, 0.717) is 30.3 Å². The maximum atomic E-state index is 15.1. The fourth-order valence-corrected chi connectivity index (χ4v) is 4.51. The first-order valence-electron chi connectivity index (χ1n) is 11.6. The van der Waals surface area contributed by atoms with E-state index in [1.165, 1.54) is 0 Å². The number of ether oxygens (including phenoxy) is 1. The number of nitrogens with zero attached hydrogens (tertiary/aromatic N) is 5. The molecule has 35 heavy (non-hydrogen) atoms. The van der Waals surface area contributed by atoms with E-state index in [2.05, 4.69) is 30.8 Å². The molecule has 11 heteroatoms. The molecule has 0 saturated heterocycles. The number of carbonyl (C=O) groups is 1. The van der Waals surface area contributed by atoms with Crippen LogP contribution in [0.2, 0.25) is 0 Å². The summed E-state index contributed by atoms with van der Waals surface area (Å²) in [4.78, 5) is 25.3. The topological polar surface area (TPSA) is 122 Å². The van der Waals surface area contributed by atoms with Crippen molar-refractivity contribution in [3.8, 4) is 11.1 Å². The van der Waals surface area contributed by atoms with Crippen LogP contribution in [0.3, 0.4) is 0 Å². The summed E-state index contributed by atoms with van der Waals surface area (Å²) in [6, 6.07) is 5.54. The molecule has 3 N–H and O–H groups in total. The Morgan fingerprint density at radius 2 is 2.17 bits per heavy atom. The Hall–Kier alpha value is -4.02. The van der Waals surface area contributed by atoms with Crippen LogP contribution >= 0.6 is 0 Å². The molecule has 1 fully saturated rings. The Balaban J connectivity index is 1.34. The molecule has 0 bridgehead atoms. The summed E-state index contributed by atoms with van der Waals surface area (Å²) in [6.07, 6.45) is 5.33. The summed E-state index contributed by atoms with van der Waals surface area (Å²) in [5.41, 5.74) is 3.99. The standard InChI is InChI=1S/C24H27FN8O2/c1-13(2)28-24(34)35-18-7-6-16(21(18)25)17-11-19(32-31-17)30-23-29-14(3)20(15-5-4-8-26-12-15)22-27-9-10-33(22)23/h4-5,8-13,16,18,21H,6-7H2,1-3H3,(H,28,34)(H2,29,30,31,32)/t16-,18-,21-/m1/s1. The molecule has 4 heterocycles. The molecule has 182 valence electrons. The predicted molar refractivity (Wildman–Crippen MR) is 128 cm³/mol. The Labute approximate surface area is 201 Å². The number of alkyl halides is 1. The maximum Gasteiger partial charge on any atom is 0.407 e. The smallest absolute Gasteiger partial charge is 0.407 e. The van der Waals surface area contributed by atoms with E-state index < -0.39 is 24.3 Å². The summed E-state index contributed by atoms with van der Waals surface area (Å²) in [7, 11) is 0. The molecule has 1 aliphatic rings. The van der Waals surface area contributed by atoms with Gasteiger partial charge >= 0.3 is 6.09 Å². The van der Waals surface area contributed by atoms with Crippen LogP contribution in [0.25, 0.3) is 16.8 Å². The molecule has 4 aromatic heterocycles. The molecule has 4 aromatic rings. The third-order valence-corrected chi connectivity index (χ3v) is 6.08. The van der Waals surface area contributed by atoms with Crippen molar-refractivity contribution in [2.75, 3.05) is 5.32 Å². The monoisotopic (exact) mass is 478 g/mol. The lowest BCUT2D eigenvalue weighted by molar-refractivity contribution is 0.0555. The molecule has 1 aliphatic carbocycles. The molecule has 1 saturated carbocycles. The maximum absolute atomic E-state index is 15.1. The van der Waals surface area contributed by atoms with Gasteiger partial charge in [-0.05, 0) is 39.7 Å². The van der Waals surface area contributed by atoms with Crippen LogP contribution < -0.4 is 10.6 Å². The number of hydrogen-bond donors (Lipinski definition) is 3. The van der Waals surface area contributed by atoms with Crippen LogP contribution in [0.4, 0.5) is 21.0 Å². The Kier molecular flexibility index (Phi) is 6.06. The number of nitrogens with one attached hydrogen (secondary N) is 3. The largest absolute Gasteiger partial charge is 0.443 e. The van der Waals surface area contributed by atoms with Crippen molar-refractivity contribution in [1.29, 1.82) is 0 Å². The van der Waals surface area contributed by atoms with Crippen LogP contribution in [0, 0.1) is 6.92 Å². The number of hydrogen-bond acceptors (Lipinski definition) is 7. The van der Waals surface area contributed by atoms with Gasteiger partial charge < -0.3 is 15.4 Å². The van der Waals surface area contributed by atoms with E-state index >= 15 is 4.39 Å². The number of pyridine rings is 1. The van der Waals surface area contributed by atoms with Gasteiger partial charge in [0.1, 0.15) is 17.9 Å². The highest BCUT2D eigenvalue weighted by Gasteiger charge is 2.41. The predicted octanol–water partition coefficient (Wildman–Crippen LogP) is 4.29. The SMILES string of the molecule is Cc1nc(Nc2cc([C@H]3CC[C@@H](OC(=O)NC(C)C)[C@@H]3F)[nH]n2)n2ccnc2c1-c1cccnc1. The Bertz CT molecular complexity index is 1340. The number of carbonyl (C=O) groups excluding carboxylic acids is 1. The van der Waals surface area contributed by atoms with Gasteiger partial charge in [-0.3, -0.25) is 14.5 Å². The highest BCUT2D eigenvalue weighted by atomic mass is 19.1. The molecule has 0 aliphatic heterocycles. The highest BCUT2D eigenvalue weighted by molar-refractivity contribution is 5.80. The van der Waals surface area contributed by atoms with Gasteiger partial charge in [0.2, 0.25) is 5.95 Å². The molecule has 5 rings (SSSR count). The molecule has 0 radical (unpaired) electrons. The van der Waals surface area contributed by atoms with Gasteiger partial charge in [0.25, 0.3) is 0 Å². The molecule has 0 spiro atoms.